The van der Waals surface area contributed by atoms with Crippen LogP contribution in [0.15, 0.2) is 17.2 Å². The Labute approximate surface area is 89.0 Å². The topological polar surface area (TPSA) is 71.8 Å². The Balaban J connectivity index is 3.20. The van der Waals surface area contributed by atoms with Crippen molar-refractivity contribution in [2.45, 2.75) is 12.6 Å². The first-order chi connectivity index (χ1) is 7.46. The standard InChI is InChI=1S/C9H10F3N3O/c10-9(11,12)7-6(3-1-2-4-13)8(16)15-5-14-7/h1,3,5H,2,4,13H2,(H,14,15,16). The van der Waals surface area contributed by atoms with Crippen LogP contribution in [0, 0.1) is 0 Å². The summed E-state index contributed by atoms with van der Waals surface area (Å²) in [7, 11) is 0. The Kier molecular flexibility index (Phi) is 3.83. The number of rotatable bonds is 3. The maximum absolute atomic E-state index is 12.5. The largest absolute Gasteiger partial charge is 0.434 e. The molecular weight excluding hydrogens is 223 g/mol. The van der Waals surface area contributed by atoms with E-state index in [1.165, 1.54) is 6.08 Å². The average Bonchev–Trinajstić information content (AvgIpc) is 2.19. The van der Waals surface area contributed by atoms with Gasteiger partial charge in [0.05, 0.1) is 11.9 Å². The minimum Gasteiger partial charge on any atom is -0.330 e. The summed E-state index contributed by atoms with van der Waals surface area (Å²) < 4.78 is 37.4. The van der Waals surface area contributed by atoms with Gasteiger partial charge in [-0.05, 0) is 13.0 Å². The van der Waals surface area contributed by atoms with Crippen LogP contribution in [0.25, 0.3) is 6.08 Å². The van der Waals surface area contributed by atoms with Crippen molar-refractivity contribution in [1.29, 1.82) is 0 Å². The van der Waals surface area contributed by atoms with Crippen LogP contribution in [-0.2, 0) is 6.18 Å². The number of H-pyrrole nitrogens is 1. The van der Waals surface area contributed by atoms with Crippen LogP contribution in [0.1, 0.15) is 17.7 Å². The number of aromatic amines is 1. The highest BCUT2D eigenvalue weighted by Crippen LogP contribution is 2.29. The molecule has 0 saturated heterocycles. The molecule has 0 bridgehead atoms. The third kappa shape index (κ3) is 2.93. The predicted molar refractivity (Wildman–Crippen MR) is 52.6 cm³/mol. The van der Waals surface area contributed by atoms with Gasteiger partial charge in [-0.15, -0.1) is 0 Å². The normalized spacial score (nSPS) is 12.2. The van der Waals surface area contributed by atoms with Gasteiger partial charge in [0.25, 0.3) is 5.56 Å². The second-order valence-corrected chi connectivity index (χ2v) is 2.97. The number of nitrogens with two attached hydrogens (primary N) is 1. The van der Waals surface area contributed by atoms with Gasteiger partial charge < -0.3 is 10.7 Å². The van der Waals surface area contributed by atoms with E-state index in [0.717, 1.165) is 12.4 Å². The molecule has 0 saturated carbocycles. The van der Waals surface area contributed by atoms with Crippen molar-refractivity contribution < 1.29 is 13.2 Å². The van der Waals surface area contributed by atoms with Crippen molar-refractivity contribution in [3.63, 3.8) is 0 Å². The SMILES string of the molecule is NCCC=Cc1c(C(F)(F)F)nc[nH]c1=O. The zero-order valence-corrected chi connectivity index (χ0v) is 8.21. The molecule has 0 aliphatic carbocycles. The van der Waals surface area contributed by atoms with Crippen LogP contribution < -0.4 is 11.3 Å². The first-order valence-electron chi connectivity index (χ1n) is 4.48. The molecular formula is C9H10F3N3O. The summed E-state index contributed by atoms with van der Waals surface area (Å²) in [5.41, 5.74) is 2.67. The molecule has 16 heavy (non-hydrogen) atoms. The number of hydrogen-bond acceptors (Lipinski definition) is 3. The van der Waals surface area contributed by atoms with Crippen molar-refractivity contribution >= 4 is 6.08 Å². The molecule has 1 aromatic rings. The van der Waals surface area contributed by atoms with E-state index in [1.807, 2.05) is 0 Å². The molecule has 0 amide bonds. The number of halogens is 3. The van der Waals surface area contributed by atoms with E-state index in [0.29, 0.717) is 13.0 Å². The van der Waals surface area contributed by atoms with Crippen LogP contribution in [-0.4, -0.2) is 16.5 Å². The maximum Gasteiger partial charge on any atom is 0.434 e. The number of nitrogens with one attached hydrogen (secondary N) is 1. The van der Waals surface area contributed by atoms with E-state index in [4.69, 9.17) is 5.73 Å². The second-order valence-electron chi connectivity index (χ2n) is 2.97. The monoisotopic (exact) mass is 233 g/mol. The van der Waals surface area contributed by atoms with Gasteiger partial charge in [-0.2, -0.15) is 13.2 Å². The van der Waals surface area contributed by atoms with E-state index >= 15 is 0 Å². The molecule has 0 spiro atoms. The first kappa shape index (κ1) is 12.4. The van der Waals surface area contributed by atoms with Gasteiger partial charge >= 0.3 is 6.18 Å². The van der Waals surface area contributed by atoms with Crippen LogP contribution in [0.2, 0.25) is 0 Å². The van der Waals surface area contributed by atoms with E-state index in [1.54, 1.807) is 0 Å². The third-order valence-corrected chi connectivity index (χ3v) is 1.78. The summed E-state index contributed by atoms with van der Waals surface area (Å²) in [6.07, 6.45) is -1.03. The second kappa shape index (κ2) is 4.93. The first-order valence-corrected chi connectivity index (χ1v) is 4.48. The molecule has 4 nitrogen and oxygen atoms in total. The van der Waals surface area contributed by atoms with E-state index in [-0.39, 0.29) is 0 Å². The van der Waals surface area contributed by atoms with Gasteiger partial charge in [0.1, 0.15) is 0 Å². The summed E-state index contributed by atoms with van der Waals surface area (Å²) in [5, 5.41) is 0. The molecule has 88 valence electrons. The minimum atomic E-state index is -4.64. The van der Waals surface area contributed by atoms with Crippen molar-refractivity contribution in [3.05, 3.63) is 34.0 Å². The zero-order valence-electron chi connectivity index (χ0n) is 8.21. The lowest BCUT2D eigenvalue weighted by molar-refractivity contribution is -0.141. The van der Waals surface area contributed by atoms with Crippen LogP contribution in [0.4, 0.5) is 13.2 Å². The summed E-state index contributed by atoms with van der Waals surface area (Å²) >= 11 is 0. The third-order valence-electron chi connectivity index (χ3n) is 1.78. The van der Waals surface area contributed by atoms with Gasteiger partial charge in [-0.25, -0.2) is 4.98 Å². The van der Waals surface area contributed by atoms with Gasteiger partial charge in [-0.1, -0.05) is 12.2 Å². The highest BCUT2D eigenvalue weighted by molar-refractivity contribution is 5.51. The predicted octanol–water partition coefficient (Wildman–Crippen LogP) is 1.15. The van der Waals surface area contributed by atoms with Crippen molar-refractivity contribution in [1.82, 2.24) is 9.97 Å². The van der Waals surface area contributed by atoms with E-state index in [2.05, 4.69) is 9.97 Å². The number of nitrogens with zero attached hydrogens (tertiary/aromatic N) is 1. The summed E-state index contributed by atoms with van der Waals surface area (Å²) in [4.78, 5) is 16.4. The molecule has 0 fully saturated rings. The van der Waals surface area contributed by atoms with Gasteiger partial charge in [0.15, 0.2) is 5.69 Å². The Morgan fingerprint density at radius 2 is 2.19 bits per heavy atom. The molecule has 0 aliphatic rings. The van der Waals surface area contributed by atoms with Crippen molar-refractivity contribution in [2.24, 2.45) is 5.73 Å². The van der Waals surface area contributed by atoms with E-state index in [9.17, 15) is 18.0 Å². The Morgan fingerprint density at radius 1 is 1.50 bits per heavy atom. The lowest BCUT2D eigenvalue weighted by Crippen LogP contribution is -2.20. The molecule has 0 aliphatic heterocycles. The number of alkyl halides is 3. The highest BCUT2D eigenvalue weighted by atomic mass is 19.4. The molecule has 0 atom stereocenters. The van der Waals surface area contributed by atoms with Crippen LogP contribution >= 0.6 is 0 Å². The fraction of sp³-hybridized carbons (Fsp3) is 0.333. The molecule has 0 aromatic carbocycles. The van der Waals surface area contributed by atoms with Crippen molar-refractivity contribution in [3.8, 4) is 0 Å². The van der Waals surface area contributed by atoms with Crippen LogP contribution in [0.3, 0.4) is 0 Å². The quantitative estimate of drug-likeness (QED) is 0.822. The fourth-order valence-corrected chi connectivity index (χ4v) is 1.09. The van der Waals surface area contributed by atoms with Gasteiger partial charge in [-0.3, -0.25) is 4.79 Å². The summed E-state index contributed by atoms with van der Waals surface area (Å²) in [5.74, 6) is 0. The Morgan fingerprint density at radius 3 is 2.75 bits per heavy atom. The maximum atomic E-state index is 12.5. The lowest BCUT2D eigenvalue weighted by Gasteiger charge is -2.07. The molecule has 1 rings (SSSR count). The fourth-order valence-electron chi connectivity index (χ4n) is 1.09. The van der Waals surface area contributed by atoms with Gasteiger partial charge in [0, 0.05) is 0 Å². The van der Waals surface area contributed by atoms with Crippen LogP contribution in [0.5, 0.6) is 0 Å². The number of aromatic nitrogens is 2. The van der Waals surface area contributed by atoms with E-state index < -0.39 is 23.0 Å². The average molecular weight is 233 g/mol. The minimum absolute atomic E-state index is 0.302. The Bertz CT molecular complexity index is 436. The molecule has 0 unspecified atom stereocenters. The van der Waals surface area contributed by atoms with Gasteiger partial charge in [0.2, 0.25) is 0 Å². The molecule has 0 radical (unpaired) electrons. The van der Waals surface area contributed by atoms with Crippen molar-refractivity contribution in [2.75, 3.05) is 6.54 Å². The lowest BCUT2D eigenvalue weighted by atomic mass is 10.2. The summed E-state index contributed by atoms with van der Waals surface area (Å²) in [6, 6.07) is 0. The zero-order chi connectivity index (χ0) is 12.2. The molecule has 3 N–H and O–H groups in total. The molecule has 1 aromatic heterocycles. The highest BCUT2D eigenvalue weighted by Gasteiger charge is 2.35. The smallest absolute Gasteiger partial charge is 0.330 e. The number of hydrogen-bond donors (Lipinski definition) is 2. The molecule has 1 heterocycles. The molecule has 7 heteroatoms. The summed E-state index contributed by atoms with van der Waals surface area (Å²) in [6.45, 7) is 0.302. The Hall–Kier alpha value is -1.63.